The molecule has 2 aromatic rings. The van der Waals surface area contributed by atoms with Gasteiger partial charge in [0.1, 0.15) is 10.3 Å². The van der Waals surface area contributed by atoms with Crippen LogP contribution >= 0.6 is 23.2 Å². The van der Waals surface area contributed by atoms with Crippen molar-refractivity contribution >= 4 is 23.2 Å². The summed E-state index contributed by atoms with van der Waals surface area (Å²) in [6.07, 6.45) is 1.76. The average molecular weight is 295 g/mol. The number of hydrogen-bond acceptors (Lipinski definition) is 2. The van der Waals surface area contributed by atoms with E-state index in [0.29, 0.717) is 16.1 Å². The zero-order valence-corrected chi connectivity index (χ0v) is 12.8. The van der Waals surface area contributed by atoms with E-state index in [1.54, 1.807) is 0 Å². The maximum atomic E-state index is 6.22. The minimum Gasteiger partial charge on any atom is -0.216 e. The van der Waals surface area contributed by atoms with Crippen molar-refractivity contribution in [3.05, 3.63) is 45.2 Å². The average Bonchev–Trinajstić information content (AvgIpc) is 2.37. The highest BCUT2D eigenvalue weighted by Gasteiger charge is 2.13. The zero-order valence-electron chi connectivity index (χ0n) is 11.3. The first-order chi connectivity index (χ1) is 9.04. The van der Waals surface area contributed by atoms with Crippen LogP contribution in [-0.4, -0.2) is 9.97 Å². The maximum Gasteiger partial charge on any atom is 0.162 e. The summed E-state index contributed by atoms with van der Waals surface area (Å²) in [5.41, 5.74) is 4.16. The minimum atomic E-state index is 0.456. The van der Waals surface area contributed by atoms with Crippen LogP contribution in [0.1, 0.15) is 30.0 Å². The van der Waals surface area contributed by atoms with Crippen LogP contribution in [0.5, 0.6) is 0 Å². The molecule has 0 spiro atoms. The van der Waals surface area contributed by atoms with E-state index in [1.165, 1.54) is 5.56 Å². The van der Waals surface area contributed by atoms with Crippen molar-refractivity contribution in [3.63, 3.8) is 0 Å². The fraction of sp³-hybridized carbons (Fsp3) is 0.333. The van der Waals surface area contributed by atoms with Crippen molar-refractivity contribution in [2.75, 3.05) is 0 Å². The van der Waals surface area contributed by atoms with Gasteiger partial charge >= 0.3 is 0 Å². The molecule has 0 N–H and O–H groups in total. The van der Waals surface area contributed by atoms with Crippen LogP contribution in [0.4, 0.5) is 0 Å². The zero-order chi connectivity index (χ0) is 14.0. The van der Waals surface area contributed by atoms with Crippen LogP contribution in [0.3, 0.4) is 0 Å². The summed E-state index contributed by atoms with van der Waals surface area (Å²) in [7, 11) is 0. The highest BCUT2D eigenvalue weighted by Crippen LogP contribution is 2.28. The third-order valence-corrected chi connectivity index (χ3v) is 3.88. The van der Waals surface area contributed by atoms with Crippen LogP contribution in [0, 0.1) is 13.8 Å². The van der Waals surface area contributed by atoms with E-state index in [9.17, 15) is 0 Å². The Morgan fingerprint density at radius 2 is 1.68 bits per heavy atom. The van der Waals surface area contributed by atoms with Gasteiger partial charge in [0.2, 0.25) is 0 Å². The van der Waals surface area contributed by atoms with E-state index in [1.807, 2.05) is 12.1 Å². The molecule has 4 heteroatoms. The molecule has 19 heavy (non-hydrogen) atoms. The molecule has 0 aliphatic rings. The molecule has 2 nitrogen and oxygen atoms in total. The van der Waals surface area contributed by atoms with Crippen LogP contribution in [0.15, 0.2) is 18.2 Å². The number of benzene rings is 1. The summed E-state index contributed by atoms with van der Waals surface area (Å²) in [6.45, 7) is 6.19. The molecule has 1 aromatic heterocycles. The number of aryl methyl sites for hydroxylation is 1. The molecule has 100 valence electrons. The van der Waals surface area contributed by atoms with Gasteiger partial charge in [0.15, 0.2) is 5.82 Å². The number of rotatable bonds is 3. The SMILES string of the molecule is CCCc1c(Cl)nc(-c2cccc(C)c2C)nc1Cl. The summed E-state index contributed by atoms with van der Waals surface area (Å²) < 4.78 is 0. The van der Waals surface area contributed by atoms with Gasteiger partial charge in [-0.3, -0.25) is 0 Å². The Labute approximate surface area is 123 Å². The number of hydrogen-bond donors (Lipinski definition) is 0. The van der Waals surface area contributed by atoms with Gasteiger partial charge in [-0.1, -0.05) is 54.7 Å². The molecule has 1 heterocycles. The van der Waals surface area contributed by atoms with Crippen molar-refractivity contribution < 1.29 is 0 Å². The molecule has 0 saturated heterocycles. The third kappa shape index (κ3) is 2.90. The van der Waals surface area contributed by atoms with Gasteiger partial charge < -0.3 is 0 Å². The summed E-state index contributed by atoms with van der Waals surface area (Å²) >= 11 is 12.4. The predicted molar refractivity (Wildman–Crippen MR) is 81.0 cm³/mol. The van der Waals surface area contributed by atoms with Crippen LogP contribution in [0.25, 0.3) is 11.4 Å². The molecule has 0 bridgehead atoms. The van der Waals surface area contributed by atoms with Gasteiger partial charge in [0.25, 0.3) is 0 Å². The second kappa shape index (κ2) is 5.89. The lowest BCUT2D eigenvalue weighted by Gasteiger charge is -2.10. The van der Waals surface area contributed by atoms with Crippen LogP contribution in [-0.2, 0) is 6.42 Å². The molecule has 2 rings (SSSR count). The molecule has 0 unspecified atom stereocenters. The molecule has 0 saturated carbocycles. The predicted octanol–water partition coefficient (Wildman–Crippen LogP) is 5.02. The number of nitrogens with zero attached hydrogens (tertiary/aromatic N) is 2. The minimum absolute atomic E-state index is 0.456. The second-order valence-corrected chi connectivity index (χ2v) is 5.32. The Hall–Kier alpha value is -1.12. The lowest BCUT2D eigenvalue weighted by molar-refractivity contribution is 0.902. The summed E-state index contributed by atoms with van der Waals surface area (Å²) in [4.78, 5) is 8.79. The van der Waals surface area contributed by atoms with E-state index in [-0.39, 0.29) is 0 Å². The van der Waals surface area contributed by atoms with Crippen LogP contribution < -0.4 is 0 Å². The van der Waals surface area contributed by atoms with E-state index in [4.69, 9.17) is 23.2 Å². The lowest BCUT2D eigenvalue weighted by atomic mass is 10.0. The molecule has 1 aromatic carbocycles. The summed E-state index contributed by atoms with van der Waals surface area (Å²) in [6, 6.07) is 6.04. The van der Waals surface area contributed by atoms with E-state index >= 15 is 0 Å². The first-order valence-electron chi connectivity index (χ1n) is 6.33. The van der Waals surface area contributed by atoms with E-state index < -0.39 is 0 Å². The number of halogens is 2. The first kappa shape index (κ1) is 14.3. The van der Waals surface area contributed by atoms with Crippen molar-refractivity contribution in [2.45, 2.75) is 33.6 Å². The highest BCUT2D eigenvalue weighted by atomic mass is 35.5. The molecular formula is C15H16Cl2N2. The monoisotopic (exact) mass is 294 g/mol. The fourth-order valence-corrected chi connectivity index (χ4v) is 2.58. The lowest BCUT2D eigenvalue weighted by Crippen LogP contribution is -1.99. The number of aromatic nitrogens is 2. The maximum absolute atomic E-state index is 6.22. The smallest absolute Gasteiger partial charge is 0.162 e. The largest absolute Gasteiger partial charge is 0.216 e. The Morgan fingerprint density at radius 3 is 2.26 bits per heavy atom. The fourth-order valence-electron chi connectivity index (χ4n) is 2.00. The second-order valence-electron chi connectivity index (χ2n) is 4.60. The molecule has 0 fully saturated rings. The van der Waals surface area contributed by atoms with E-state index in [2.05, 4.69) is 36.8 Å². The summed E-state index contributed by atoms with van der Waals surface area (Å²) in [5.74, 6) is 0.594. The standard InChI is InChI=1S/C15H16Cl2N2/c1-4-6-12-13(16)18-15(19-14(12)17)11-8-5-7-9(2)10(11)3/h5,7-8H,4,6H2,1-3H3. The Kier molecular flexibility index (Phi) is 4.43. The molecule has 0 atom stereocenters. The van der Waals surface area contributed by atoms with Crippen molar-refractivity contribution in [2.24, 2.45) is 0 Å². The quantitative estimate of drug-likeness (QED) is 0.743. The Morgan fingerprint density at radius 1 is 1.05 bits per heavy atom. The van der Waals surface area contributed by atoms with Gasteiger partial charge in [0, 0.05) is 11.1 Å². The van der Waals surface area contributed by atoms with E-state index in [0.717, 1.165) is 29.5 Å². The Balaban J connectivity index is 2.55. The van der Waals surface area contributed by atoms with Crippen LogP contribution in [0.2, 0.25) is 10.3 Å². The molecular weight excluding hydrogens is 279 g/mol. The van der Waals surface area contributed by atoms with Gasteiger partial charge in [-0.2, -0.15) is 0 Å². The normalized spacial score (nSPS) is 10.8. The van der Waals surface area contributed by atoms with Gasteiger partial charge in [-0.25, -0.2) is 9.97 Å². The van der Waals surface area contributed by atoms with Crippen molar-refractivity contribution in [1.82, 2.24) is 9.97 Å². The Bertz CT molecular complexity index is 586. The summed E-state index contributed by atoms with van der Waals surface area (Å²) in [5, 5.41) is 0.913. The van der Waals surface area contributed by atoms with Gasteiger partial charge in [-0.05, 0) is 31.4 Å². The molecule has 0 amide bonds. The first-order valence-corrected chi connectivity index (χ1v) is 7.08. The van der Waals surface area contributed by atoms with Gasteiger partial charge in [0.05, 0.1) is 0 Å². The molecule has 0 radical (unpaired) electrons. The molecule has 0 aliphatic heterocycles. The van der Waals surface area contributed by atoms with Gasteiger partial charge in [-0.15, -0.1) is 0 Å². The molecule has 0 aliphatic carbocycles. The third-order valence-electron chi connectivity index (χ3n) is 3.25. The van der Waals surface area contributed by atoms with Crippen molar-refractivity contribution in [1.29, 1.82) is 0 Å². The topological polar surface area (TPSA) is 25.8 Å². The highest BCUT2D eigenvalue weighted by molar-refractivity contribution is 6.34. The van der Waals surface area contributed by atoms with Crippen molar-refractivity contribution in [3.8, 4) is 11.4 Å².